The average molecular weight is 459 g/mol. The van der Waals surface area contributed by atoms with Crippen LogP contribution in [0.3, 0.4) is 0 Å². The van der Waals surface area contributed by atoms with Crippen molar-refractivity contribution in [3.05, 3.63) is 28.8 Å². The second-order valence-electron chi connectivity index (χ2n) is 12.1. The fraction of sp³-hybridized carbons (Fsp3) is 0.714. The monoisotopic (exact) mass is 458 g/mol. The molecule has 0 heterocycles. The van der Waals surface area contributed by atoms with Crippen LogP contribution in [0.1, 0.15) is 111 Å². The van der Waals surface area contributed by atoms with Crippen molar-refractivity contribution in [1.29, 1.82) is 0 Å². The zero-order chi connectivity index (χ0) is 25.2. The van der Waals surface area contributed by atoms with Crippen molar-refractivity contribution in [2.24, 2.45) is 0 Å². The molecule has 1 aromatic carbocycles. The summed E-state index contributed by atoms with van der Waals surface area (Å²) in [5, 5.41) is 14.1. The van der Waals surface area contributed by atoms with Crippen molar-refractivity contribution in [1.82, 2.24) is 10.2 Å². The Morgan fingerprint density at radius 3 is 1.91 bits per heavy atom. The van der Waals surface area contributed by atoms with E-state index in [0.717, 1.165) is 42.4 Å². The minimum atomic E-state index is -0.859. The van der Waals surface area contributed by atoms with Crippen molar-refractivity contribution in [2.75, 3.05) is 7.05 Å². The molecule has 1 aliphatic rings. The molecule has 0 saturated heterocycles. The summed E-state index contributed by atoms with van der Waals surface area (Å²) in [7, 11) is 1.75. The topological polar surface area (TPSA) is 69.6 Å². The van der Waals surface area contributed by atoms with Gasteiger partial charge in [-0.3, -0.25) is 9.59 Å². The molecule has 1 saturated carbocycles. The number of amides is 2. The van der Waals surface area contributed by atoms with Crippen molar-refractivity contribution in [3.63, 3.8) is 0 Å². The second-order valence-corrected chi connectivity index (χ2v) is 12.1. The predicted octanol–water partition coefficient (Wildman–Crippen LogP) is 5.61. The molecule has 1 fully saturated rings. The van der Waals surface area contributed by atoms with Crippen LogP contribution in [0.15, 0.2) is 12.1 Å². The molecule has 0 spiro atoms. The van der Waals surface area contributed by atoms with Gasteiger partial charge in [0.2, 0.25) is 11.8 Å². The van der Waals surface area contributed by atoms with Gasteiger partial charge in [0.1, 0.15) is 11.3 Å². The Balaban J connectivity index is 2.20. The normalized spacial score (nSPS) is 17.0. The van der Waals surface area contributed by atoms with E-state index in [1.54, 1.807) is 11.9 Å². The first kappa shape index (κ1) is 27.2. The number of phenolic OH excluding ortho intramolecular Hbond substituents is 1. The molecule has 0 bridgehead atoms. The molecule has 33 heavy (non-hydrogen) atoms. The highest BCUT2D eigenvalue weighted by Crippen LogP contribution is 2.40. The van der Waals surface area contributed by atoms with E-state index in [0.29, 0.717) is 25.0 Å². The average Bonchev–Trinajstić information content (AvgIpc) is 3.22. The maximum absolute atomic E-state index is 13.2. The molecule has 5 heteroatoms. The molecule has 0 aliphatic heterocycles. The number of hydrogen-bond donors (Lipinski definition) is 2. The largest absolute Gasteiger partial charge is 0.507 e. The van der Waals surface area contributed by atoms with Gasteiger partial charge in [0.05, 0.1) is 0 Å². The number of likely N-dealkylation sites (N-methyl/N-ethyl adjacent to an activating group) is 1. The molecule has 186 valence electrons. The maximum Gasteiger partial charge on any atom is 0.245 e. The lowest BCUT2D eigenvalue weighted by molar-refractivity contribution is -0.145. The molecule has 0 aromatic heterocycles. The van der Waals surface area contributed by atoms with E-state index in [9.17, 15) is 14.7 Å². The van der Waals surface area contributed by atoms with Crippen LogP contribution in [0.2, 0.25) is 0 Å². The second kappa shape index (κ2) is 10.1. The summed E-state index contributed by atoms with van der Waals surface area (Å²) in [4.78, 5) is 27.9. The molecule has 2 amide bonds. The Morgan fingerprint density at radius 2 is 1.48 bits per heavy atom. The highest BCUT2D eigenvalue weighted by atomic mass is 16.3. The van der Waals surface area contributed by atoms with Gasteiger partial charge < -0.3 is 15.3 Å². The van der Waals surface area contributed by atoms with Crippen LogP contribution in [0.4, 0.5) is 0 Å². The van der Waals surface area contributed by atoms with Gasteiger partial charge in [-0.1, -0.05) is 73.4 Å². The maximum atomic E-state index is 13.2. The van der Waals surface area contributed by atoms with Gasteiger partial charge in [-0.15, -0.1) is 0 Å². The number of aromatic hydroxyl groups is 1. The number of carbonyl (C=O) groups is 2. The molecular formula is C28H46N2O3. The zero-order valence-corrected chi connectivity index (χ0v) is 22.4. The summed E-state index contributed by atoms with van der Waals surface area (Å²) in [6.07, 6.45) is 5.81. The smallest absolute Gasteiger partial charge is 0.245 e. The van der Waals surface area contributed by atoms with Gasteiger partial charge in [-0.05, 0) is 60.1 Å². The van der Waals surface area contributed by atoms with Gasteiger partial charge in [0.25, 0.3) is 0 Å². The lowest BCUT2D eigenvalue weighted by Gasteiger charge is -2.37. The molecule has 1 unspecified atom stereocenters. The highest BCUT2D eigenvalue weighted by Gasteiger charge is 2.39. The highest BCUT2D eigenvalue weighted by molar-refractivity contribution is 5.91. The van der Waals surface area contributed by atoms with Crippen LogP contribution in [0.5, 0.6) is 5.75 Å². The number of rotatable bonds is 7. The molecule has 5 nitrogen and oxygen atoms in total. The van der Waals surface area contributed by atoms with E-state index >= 15 is 0 Å². The summed E-state index contributed by atoms with van der Waals surface area (Å²) in [6, 6.07) is 4.29. The molecule has 1 aromatic rings. The summed E-state index contributed by atoms with van der Waals surface area (Å²) >= 11 is 0. The van der Waals surface area contributed by atoms with Gasteiger partial charge in [0, 0.05) is 19.5 Å². The predicted molar refractivity (Wildman–Crippen MR) is 136 cm³/mol. The van der Waals surface area contributed by atoms with Crippen LogP contribution < -0.4 is 5.32 Å². The van der Waals surface area contributed by atoms with E-state index in [4.69, 9.17) is 0 Å². The number of phenols is 1. The van der Waals surface area contributed by atoms with E-state index < -0.39 is 5.54 Å². The van der Waals surface area contributed by atoms with E-state index in [2.05, 4.69) is 46.9 Å². The molecule has 0 radical (unpaired) electrons. The van der Waals surface area contributed by atoms with Crippen molar-refractivity contribution in [3.8, 4) is 5.75 Å². The first-order chi connectivity index (χ1) is 15.1. The third-order valence-electron chi connectivity index (χ3n) is 7.40. The number of nitrogens with zero attached hydrogens (tertiary/aromatic N) is 1. The number of hydrogen-bond acceptors (Lipinski definition) is 3. The Bertz CT molecular complexity index is 822. The Labute approximate surface area is 201 Å². The van der Waals surface area contributed by atoms with Crippen molar-refractivity contribution in [2.45, 2.75) is 123 Å². The Kier molecular flexibility index (Phi) is 8.30. The van der Waals surface area contributed by atoms with Gasteiger partial charge in [-0.2, -0.15) is 0 Å². The fourth-order valence-corrected chi connectivity index (χ4v) is 4.64. The fourth-order valence-electron chi connectivity index (χ4n) is 4.64. The van der Waals surface area contributed by atoms with Gasteiger partial charge in [-0.25, -0.2) is 0 Å². The van der Waals surface area contributed by atoms with Gasteiger partial charge >= 0.3 is 0 Å². The summed E-state index contributed by atoms with van der Waals surface area (Å²) in [6.45, 7) is 16.4. The van der Waals surface area contributed by atoms with Crippen molar-refractivity contribution >= 4 is 11.8 Å². The van der Waals surface area contributed by atoms with Crippen LogP contribution in [0.25, 0.3) is 0 Å². The summed E-state index contributed by atoms with van der Waals surface area (Å²) in [5.74, 6) is 0.260. The molecule has 1 atom stereocenters. The van der Waals surface area contributed by atoms with E-state index in [1.807, 2.05) is 26.0 Å². The van der Waals surface area contributed by atoms with E-state index in [-0.39, 0.29) is 28.7 Å². The Morgan fingerprint density at radius 1 is 1.00 bits per heavy atom. The van der Waals surface area contributed by atoms with E-state index in [1.165, 1.54) is 0 Å². The van der Waals surface area contributed by atoms with Crippen LogP contribution >= 0.6 is 0 Å². The lowest BCUT2D eigenvalue weighted by Crippen LogP contribution is -2.58. The molecule has 1 aliphatic carbocycles. The van der Waals surface area contributed by atoms with Crippen molar-refractivity contribution < 1.29 is 14.7 Å². The molecule has 2 N–H and O–H groups in total. The molecular weight excluding hydrogens is 412 g/mol. The standard InChI is InChI=1S/C28H46N2O3/c1-10-28(8,25(33)29-20-13-11-12-14-20)30(9)23(31)16-15-19-17-21(26(2,3)4)24(32)22(18-19)27(5,6)7/h17-18,20,32H,10-16H2,1-9H3,(H,29,33). The SMILES string of the molecule is CCC(C)(C(=O)NC1CCCC1)N(C)C(=O)CCc1cc(C(C)(C)C)c(O)c(C(C)(C)C)c1. The third kappa shape index (κ3) is 6.30. The van der Waals surface area contributed by atoms with Crippen LogP contribution in [0, 0.1) is 0 Å². The first-order valence-electron chi connectivity index (χ1n) is 12.6. The quantitative estimate of drug-likeness (QED) is 0.558. The summed E-state index contributed by atoms with van der Waals surface area (Å²) < 4.78 is 0. The minimum Gasteiger partial charge on any atom is -0.507 e. The summed E-state index contributed by atoms with van der Waals surface area (Å²) in [5.41, 5.74) is 1.57. The number of carbonyl (C=O) groups excluding carboxylic acids is 2. The zero-order valence-electron chi connectivity index (χ0n) is 22.4. The lowest BCUT2D eigenvalue weighted by atomic mass is 9.78. The number of benzene rings is 1. The Hall–Kier alpha value is -2.04. The van der Waals surface area contributed by atoms with Crippen LogP contribution in [-0.2, 0) is 26.8 Å². The first-order valence-corrected chi connectivity index (χ1v) is 12.6. The number of aryl methyl sites for hydroxylation is 1. The molecule has 2 rings (SSSR count). The minimum absolute atomic E-state index is 0.0383. The third-order valence-corrected chi connectivity index (χ3v) is 7.40. The number of nitrogens with one attached hydrogen (secondary N) is 1. The van der Waals surface area contributed by atoms with Gasteiger partial charge in [0.15, 0.2) is 0 Å². The van der Waals surface area contributed by atoms with Crippen LogP contribution in [-0.4, -0.2) is 40.4 Å².